The highest BCUT2D eigenvalue weighted by molar-refractivity contribution is 7.08. The predicted molar refractivity (Wildman–Crippen MR) is 118 cm³/mol. The van der Waals surface area contributed by atoms with Gasteiger partial charge in [0, 0.05) is 30.6 Å². The van der Waals surface area contributed by atoms with Gasteiger partial charge in [-0.1, -0.05) is 24.3 Å². The topological polar surface area (TPSA) is 78.5 Å². The van der Waals surface area contributed by atoms with Crippen molar-refractivity contribution in [3.05, 3.63) is 82.0 Å². The van der Waals surface area contributed by atoms with Gasteiger partial charge in [-0.25, -0.2) is 0 Å². The molecule has 0 radical (unpaired) electrons. The molecule has 1 saturated heterocycles. The van der Waals surface area contributed by atoms with Crippen molar-refractivity contribution in [3.63, 3.8) is 0 Å². The normalized spacial score (nSPS) is 13.3. The Bertz CT molecular complexity index is 1060. The van der Waals surface area contributed by atoms with Crippen molar-refractivity contribution in [2.75, 3.05) is 16.8 Å². The second-order valence-electron chi connectivity index (χ2n) is 7.01. The average Bonchev–Trinajstić information content (AvgIpc) is 3.45. The van der Waals surface area contributed by atoms with Crippen molar-refractivity contribution in [2.24, 2.45) is 0 Å². The molecule has 0 atom stereocenters. The summed E-state index contributed by atoms with van der Waals surface area (Å²) >= 11 is 1.44. The molecule has 0 bridgehead atoms. The van der Waals surface area contributed by atoms with E-state index in [0.29, 0.717) is 29.8 Å². The van der Waals surface area contributed by atoms with Gasteiger partial charge in [0.25, 0.3) is 11.8 Å². The number of benzene rings is 2. The van der Waals surface area contributed by atoms with Crippen LogP contribution < -0.4 is 15.5 Å². The Labute approximate surface area is 178 Å². The lowest BCUT2D eigenvalue weighted by Gasteiger charge is -2.16. The van der Waals surface area contributed by atoms with Crippen molar-refractivity contribution >= 4 is 40.4 Å². The molecule has 0 unspecified atom stereocenters. The molecule has 4 rings (SSSR count). The molecule has 6 nitrogen and oxygen atoms in total. The Morgan fingerprint density at radius 3 is 2.50 bits per heavy atom. The summed E-state index contributed by atoms with van der Waals surface area (Å²) in [6, 6.07) is 16.3. The molecule has 3 amide bonds. The number of para-hydroxylation sites is 1. The van der Waals surface area contributed by atoms with Crippen LogP contribution in [0.1, 0.15) is 39.1 Å². The van der Waals surface area contributed by atoms with Crippen molar-refractivity contribution in [1.29, 1.82) is 0 Å². The molecule has 3 aromatic rings. The number of rotatable bonds is 6. The molecular weight excluding hydrogens is 398 g/mol. The van der Waals surface area contributed by atoms with E-state index in [4.69, 9.17) is 0 Å². The minimum atomic E-state index is -0.269. The third-order valence-electron chi connectivity index (χ3n) is 4.98. The van der Waals surface area contributed by atoms with Gasteiger partial charge in [0.2, 0.25) is 5.91 Å². The van der Waals surface area contributed by atoms with Crippen molar-refractivity contribution in [2.45, 2.75) is 19.4 Å². The summed E-state index contributed by atoms with van der Waals surface area (Å²) < 4.78 is 0. The van der Waals surface area contributed by atoms with Crippen LogP contribution in [0.5, 0.6) is 0 Å². The molecule has 30 heavy (non-hydrogen) atoms. The smallest absolute Gasteiger partial charge is 0.256 e. The van der Waals surface area contributed by atoms with E-state index in [0.717, 1.165) is 24.2 Å². The summed E-state index contributed by atoms with van der Waals surface area (Å²) in [7, 11) is 0. The summed E-state index contributed by atoms with van der Waals surface area (Å²) in [5.74, 6) is -0.365. The number of carbonyl (C=O) groups excluding carboxylic acids is 3. The van der Waals surface area contributed by atoms with Crippen molar-refractivity contribution in [1.82, 2.24) is 5.32 Å². The number of carbonyl (C=O) groups is 3. The summed E-state index contributed by atoms with van der Waals surface area (Å²) in [5, 5.41) is 9.29. The molecule has 0 saturated carbocycles. The van der Waals surface area contributed by atoms with Crippen LogP contribution in [-0.4, -0.2) is 24.3 Å². The number of nitrogens with one attached hydrogen (secondary N) is 2. The molecule has 0 spiro atoms. The molecule has 2 aromatic carbocycles. The van der Waals surface area contributed by atoms with E-state index in [1.165, 1.54) is 11.3 Å². The van der Waals surface area contributed by atoms with Gasteiger partial charge >= 0.3 is 0 Å². The Hall–Kier alpha value is -3.45. The first-order valence-corrected chi connectivity index (χ1v) is 10.7. The van der Waals surface area contributed by atoms with E-state index in [1.807, 2.05) is 29.6 Å². The fourth-order valence-electron chi connectivity index (χ4n) is 3.37. The third-order valence-corrected chi connectivity index (χ3v) is 5.66. The first-order chi connectivity index (χ1) is 14.6. The monoisotopic (exact) mass is 419 g/mol. The van der Waals surface area contributed by atoms with Gasteiger partial charge < -0.3 is 15.5 Å². The summed E-state index contributed by atoms with van der Waals surface area (Å²) in [4.78, 5) is 38.7. The number of amides is 3. The molecule has 7 heteroatoms. The fraction of sp³-hybridized carbons (Fsp3) is 0.174. The Morgan fingerprint density at radius 1 is 1.00 bits per heavy atom. The van der Waals surface area contributed by atoms with Crippen LogP contribution in [0.3, 0.4) is 0 Å². The molecule has 0 aliphatic carbocycles. The molecule has 1 aromatic heterocycles. The zero-order chi connectivity index (χ0) is 20.9. The maximum Gasteiger partial charge on any atom is 0.256 e. The average molecular weight is 420 g/mol. The van der Waals surface area contributed by atoms with Crippen molar-refractivity contribution < 1.29 is 14.4 Å². The minimum absolute atomic E-state index is 0.150. The summed E-state index contributed by atoms with van der Waals surface area (Å²) in [5.41, 5.74) is 3.24. The van der Waals surface area contributed by atoms with Crippen LogP contribution in [0.15, 0.2) is 65.4 Å². The first kappa shape index (κ1) is 19.8. The largest absolute Gasteiger partial charge is 0.348 e. The van der Waals surface area contributed by atoms with Crippen LogP contribution in [0.4, 0.5) is 11.4 Å². The highest BCUT2D eigenvalue weighted by Crippen LogP contribution is 2.22. The van der Waals surface area contributed by atoms with Gasteiger partial charge in [0.1, 0.15) is 0 Å². The molecular formula is C23H21N3O3S. The third kappa shape index (κ3) is 4.41. The van der Waals surface area contributed by atoms with Gasteiger partial charge in [-0.2, -0.15) is 11.3 Å². The van der Waals surface area contributed by atoms with Gasteiger partial charge in [0.15, 0.2) is 0 Å². The van der Waals surface area contributed by atoms with Crippen LogP contribution in [0.2, 0.25) is 0 Å². The summed E-state index contributed by atoms with van der Waals surface area (Å²) in [6.07, 6.45) is 1.49. The predicted octanol–water partition coefficient (Wildman–Crippen LogP) is 4.06. The molecule has 1 fully saturated rings. The Morgan fingerprint density at radius 2 is 1.80 bits per heavy atom. The van der Waals surface area contributed by atoms with E-state index in [9.17, 15) is 14.4 Å². The highest BCUT2D eigenvalue weighted by atomic mass is 32.1. The number of nitrogens with zero attached hydrogens (tertiary/aromatic N) is 1. The number of thiophene rings is 1. The molecule has 1 aliphatic rings. The lowest BCUT2D eigenvalue weighted by molar-refractivity contribution is -0.117. The van der Waals surface area contributed by atoms with Crippen LogP contribution >= 0.6 is 11.3 Å². The first-order valence-electron chi connectivity index (χ1n) is 9.72. The summed E-state index contributed by atoms with van der Waals surface area (Å²) in [6.45, 7) is 1.10. The minimum Gasteiger partial charge on any atom is -0.348 e. The van der Waals surface area contributed by atoms with Crippen molar-refractivity contribution in [3.8, 4) is 0 Å². The number of anilines is 2. The number of hydrogen-bond donors (Lipinski definition) is 2. The lowest BCUT2D eigenvalue weighted by atomic mass is 10.1. The van der Waals surface area contributed by atoms with E-state index in [2.05, 4.69) is 10.6 Å². The Balaban J connectivity index is 1.39. The van der Waals surface area contributed by atoms with Crippen LogP contribution in [0.25, 0.3) is 0 Å². The van der Waals surface area contributed by atoms with Gasteiger partial charge in [-0.15, -0.1) is 0 Å². The molecule has 2 heterocycles. The maximum absolute atomic E-state index is 12.7. The SMILES string of the molecule is O=C(Nc1ccccc1C(=O)NCc1ccc(N2CCCC2=O)cc1)c1ccsc1. The van der Waals surface area contributed by atoms with Gasteiger partial charge in [-0.3, -0.25) is 14.4 Å². The maximum atomic E-state index is 12.7. The lowest BCUT2D eigenvalue weighted by Crippen LogP contribution is -2.25. The molecule has 2 N–H and O–H groups in total. The zero-order valence-corrected chi connectivity index (χ0v) is 17.1. The van der Waals surface area contributed by atoms with Crippen LogP contribution in [0, 0.1) is 0 Å². The zero-order valence-electron chi connectivity index (χ0n) is 16.3. The van der Waals surface area contributed by atoms with Crippen LogP contribution in [-0.2, 0) is 11.3 Å². The van der Waals surface area contributed by atoms with E-state index < -0.39 is 0 Å². The van der Waals surface area contributed by atoms with E-state index >= 15 is 0 Å². The molecule has 152 valence electrons. The van der Waals surface area contributed by atoms with E-state index in [1.54, 1.807) is 40.6 Å². The second kappa shape index (κ2) is 8.92. The second-order valence-corrected chi connectivity index (χ2v) is 7.79. The van der Waals surface area contributed by atoms with E-state index in [-0.39, 0.29) is 17.7 Å². The number of hydrogen-bond acceptors (Lipinski definition) is 4. The standard InChI is InChI=1S/C23H21N3O3S/c27-21-6-3-12-26(21)18-9-7-16(8-10-18)14-24-23(29)19-4-1-2-5-20(19)25-22(28)17-11-13-30-15-17/h1-2,4-5,7-11,13,15H,3,6,12,14H2,(H,24,29)(H,25,28). The quantitative estimate of drug-likeness (QED) is 0.633. The highest BCUT2D eigenvalue weighted by Gasteiger charge is 2.21. The van der Waals surface area contributed by atoms with Gasteiger partial charge in [-0.05, 0) is 47.7 Å². The fourth-order valence-corrected chi connectivity index (χ4v) is 4.01. The Kier molecular flexibility index (Phi) is 5.90. The molecule has 1 aliphatic heterocycles. The van der Waals surface area contributed by atoms with Gasteiger partial charge in [0.05, 0.1) is 16.8 Å².